The highest BCUT2D eigenvalue weighted by Crippen LogP contribution is 2.33. The molecule has 1 aliphatic heterocycles. The minimum Gasteiger partial charge on any atom is -0.522 e. The standard InChI is InChI=1S/C13H15BFN2O3/c1-8-6-9(15)7-10-12(8)17(16-13(10)20-14-18)11-4-2-3-5-19-11/h6-7,11,18H,2-5H2,1H3. The van der Waals surface area contributed by atoms with Gasteiger partial charge < -0.3 is 14.4 Å². The molecule has 1 radical (unpaired) electrons. The van der Waals surface area contributed by atoms with Crippen molar-refractivity contribution in [1.29, 1.82) is 0 Å². The molecule has 0 spiro atoms. The Labute approximate surface area is 116 Å². The molecule has 2 heterocycles. The number of nitrogens with zero attached hydrogens (tertiary/aromatic N) is 2. The minimum atomic E-state index is -0.359. The highest BCUT2D eigenvalue weighted by atomic mass is 19.1. The maximum absolute atomic E-state index is 13.6. The Morgan fingerprint density at radius 3 is 3.05 bits per heavy atom. The van der Waals surface area contributed by atoms with Crippen LogP contribution in [0.5, 0.6) is 5.88 Å². The normalized spacial score (nSPS) is 19.2. The third-order valence-electron chi connectivity index (χ3n) is 3.52. The minimum absolute atomic E-state index is 0.175. The van der Waals surface area contributed by atoms with Gasteiger partial charge >= 0.3 is 7.69 Å². The molecule has 5 nitrogen and oxygen atoms in total. The predicted octanol–water partition coefficient (Wildman–Crippen LogP) is 2.09. The molecule has 0 bridgehead atoms. The number of ether oxygens (including phenoxy) is 1. The van der Waals surface area contributed by atoms with Gasteiger partial charge in [0, 0.05) is 6.61 Å². The Bertz CT molecular complexity index is 626. The van der Waals surface area contributed by atoms with Crippen LogP contribution in [0.25, 0.3) is 10.9 Å². The maximum atomic E-state index is 13.6. The monoisotopic (exact) mass is 277 g/mol. The average molecular weight is 277 g/mol. The molecule has 0 aliphatic carbocycles. The SMILES string of the molecule is Cc1cc(F)cc2c(O[B]O)nn(C3CCCCO3)c12. The lowest BCUT2D eigenvalue weighted by atomic mass is 10.1. The zero-order valence-electron chi connectivity index (χ0n) is 11.2. The van der Waals surface area contributed by atoms with Gasteiger partial charge in [-0.3, -0.25) is 0 Å². The fourth-order valence-electron chi connectivity index (χ4n) is 2.67. The number of rotatable bonds is 3. The summed E-state index contributed by atoms with van der Waals surface area (Å²) in [7, 11) is 0.550. The van der Waals surface area contributed by atoms with Crippen molar-refractivity contribution < 1.29 is 18.8 Å². The van der Waals surface area contributed by atoms with E-state index in [2.05, 4.69) is 5.10 Å². The van der Waals surface area contributed by atoms with E-state index in [9.17, 15) is 4.39 Å². The lowest BCUT2D eigenvalue weighted by molar-refractivity contribution is -0.0370. The van der Waals surface area contributed by atoms with Crippen molar-refractivity contribution in [2.24, 2.45) is 0 Å². The van der Waals surface area contributed by atoms with Gasteiger partial charge in [0.25, 0.3) is 0 Å². The van der Waals surface area contributed by atoms with E-state index in [0.29, 0.717) is 19.7 Å². The first-order valence-electron chi connectivity index (χ1n) is 6.63. The Morgan fingerprint density at radius 2 is 2.35 bits per heavy atom. The van der Waals surface area contributed by atoms with Gasteiger partial charge in [0.15, 0.2) is 6.23 Å². The van der Waals surface area contributed by atoms with Crippen LogP contribution < -0.4 is 4.65 Å². The van der Waals surface area contributed by atoms with E-state index in [-0.39, 0.29) is 17.9 Å². The smallest absolute Gasteiger partial charge is 0.522 e. The zero-order chi connectivity index (χ0) is 14.1. The molecular formula is C13H15BFN2O3. The molecular weight excluding hydrogens is 262 g/mol. The van der Waals surface area contributed by atoms with Crippen LogP contribution in [-0.2, 0) is 4.74 Å². The summed E-state index contributed by atoms with van der Waals surface area (Å²) in [5, 5.41) is 13.7. The van der Waals surface area contributed by atoms with Gasteiger partial charge in [0.2, 0.25) is 5.88 Å². The zero-order valence-corrected chi connectivity index (χ0v) is 11.2. The van der Waals surface area contributed by atoms with E-state index in [1.807, 2.05) is 6.92 Å². The van der Waals surface area contributed by atoms with Crippen LogP contribution in [0, 0.1) is 12.7 Å². The molecule has 1 aromatic heterocycles. The van der Waals surface area contributed by atoms with Crippen LogP contribution in [0.1, 0.15) is 31.1 Å². The van der Waals surface area contributed by atoms with Crippen molar-refractivity contribution in [2.45, 2.75) is 32.4 Å². The molecule has 1 aliphatic rings. The fraction of sp³-hybridized carbons (Fsp3) is 0.462. The summed E-state index contributed by atoms with van der Waals surface area (Å²) >= 11 is 0. The fourth-order valence-corrected chi connectivity index (χ4v) is 2.67. The lowest BCUT2D eigenvalue weighted by Crippen LogP contribution is -2.19. The summed E-state index contributed by atoms with van der Waals surface area (Å²) < 4.78 is 26.0. The summed E-state index contributed by atoms with van der Waals surface area (Å²) in [6.07, 6.45) is 2.79. The number of hydrogen-bond acceptors (Lipinski definition) is 4. The number of hydrogen-bond donors (Lipinski definition) is 1. The highest BCUT2D eigenvalue weighted by molar-refractivity contribution is 6.17. The Morgan fingerprint density at radius 1 is 1.50 bits per heavy atom. The van der Waals surface area contributed by atoms with Crippen LogP contribution in [-0.4, -0.2) is 29.1 Å². The Hall–Kier alpha value is -1.60. The quantitative estimate of drug-likeness (QED) is 0.873. The second-order valence-electron chi connectivity index (χ2n) is 4.91. The van der Waals surface area contributed by atoms with Gasteiger partial charge in [-0.05, 0) is 43.9 Å². The number of aromatic nitrogens is 2. The molecule has 2 aromatic rings. The summed E-state index contributed by atoms with van der Waals surface area (Å²) in [5.41, 5.74) is 1.53. The summed E-state index contributed by atoms with van der Waals surface area (Å²) in [6.45, 7) is 2.51. The van der Waals surface area contributed by atoms with Crippen LogP contribution in [0.4, 0.5) is 4.39 Å². The summed E-state index contributed by atoms with van der Waals surface area (Å²) in [6, 6.07) is 2.81. The van der Waals surface area contributed by atoms with Gasteiger partial charge in [-0.25, -0.2) is 9.07 Å². The van der Waals surface area contributed by atoms with Crippen molar-refractivity contribution in [3.05, 3.63) is 23.5 Å². The molecule has 105 valence electrons. The lowest BCUT2D eigenvalue weighted by Gasteiger charge is -2.23. The third kappa shape index (κ3) is 2.27. The molecule has 1 fully saturated rings. The first-order chi connectivity index (χ1) is 9.70. The van der Waals surface area contributed by atoms with E-state index in [0.717, 1.165) is 30.3 Å². The van der Waals surface area contributed by atoms with E-state index in [4.69, 9.17) is 14.4 Å². The number of halogens is 1. The van der Waals surface area contributed by atoms with Gasteiger partial charge in [-0.2, -0.15) is 0 Å². The largest absolute Gasteiger partial charge is 0.570 e. The second-order valence-corrected chi connectivity index (χ2v) is 4.91. The Balaban J connectivity index is 2.15. The molecule has 1 saturated heterocycles. The molecule has 1 N–H and O–H groups in total. The first-order valence-corrected chi connectivity index (χ1v) is 6.63. The highest BCUT2D eigenvalue weighted by Gasteiger charge is 2.23. The molecule has 0 saturated carbocycles. The van der Waals surface area contributed by atoms with Crippen LogP contribution in [0.3, 0.4) is 0 Å². The van der Waals surface area contributed by atoms with Gasteiger partial charge in [-0.15, -0.1) is 5.10 Å². The Kier molecular flexibility index (Phi) is 3.63. The molecule has 3 rings (SSSR count). The summed E-state index contributed by atoms with van der Waals surface area (Å²) in [5.74, 6) is -0.179. The van der Waals surface area contributed by atoms with Gasteiger partial charge in [-0.1, -0.05) is 0 Å². The van der Waals surface area contributed by atoms with Crippen LogP contribution in [0.2, 0.25) is 0 Å². The van der Waals surface area contributed by atoms with Crippen LogP contribution in [0.15, 0.2) is 12.1 Å². The molecule has 0 amide bonds. The summed E-state index contributed by atoms with van der Waals surface area (Å²) in [4.78, 5) is 0. The number of benzene rings is 1. The maximum Gasteiger partial charge on any atom is 0.570 e. The van der Waals surface area contributed by atoms with E-state index < -0.39 is 0 Å². The van der Waals surface area contributed by atoms with Crippen molar-refractivity contribution in [1.82, 2.24) is 9.78 Å². The van der Waals surface area contributed by atoms with E-state index in [1.165, 1.54) is 12.1 Å². The molecule has 1 atom stereocenters. The second kappa shape index (κ2) is 5.42. The van der Waals surface area contributed by atoms with Crippen LogP contribution >= 0.6 is 0 Å². The van der Waals surface area contributed by atoms with Gasteiger partial charge in [0.05, 0.1) is 10.9 Å². The van der Waals surface area contributed by atoms with Crippen molar-refractivity contribution in [3.63, 3.8) is 0 Å². The molecule has 20 heavy (non-hydrogen) atoms. The number of fused-ring (bicyclic) bond motifs is 1. The van der Waals surface area contributed by atoms with E-state index in [1.54, 1.807) is 4.68 Å². The molecule has 1 unspecified atom stereocenters. The van der Waals surface area contributed by atoms with Crippen molar-refractivity contribution in [3.8, 4) is 5.88 Å². The predicted molar refractivity (Wildman–Crippen MR) is 71.9 cm³/mol. The van der Waals surface area contributed by atoms with Gasteiger partial charge in [0.1, 0.15) is 5.82 Å². The average Bonchev–Trinajstić information content (AvgIpc) is 2.79. The molecule has 1 aromatic carbocycles. The topological polar surface area (TPSA) is 56.5 Å². The van der Waals surface area contributed by atoms with E-state index >= 15 is 0 Å². The molecule has 7 heteroatoms. The first kappa shape index (κ1) is 13.4. The van der Waals surface area contributed by atoms with Crippen molar-refractivity contribution in [2.75, 3.05) is 6.61 Å². The number of aryl methyl sites for hydroxylation is 1. The van der Waals surface area contributed by atoms with Crippen molar-refractivity contribution >= 4 is 18.6 Å². The third-order valence-corrected chi connectivity index (χ3v) is 3.52.